The summed E-state index contributed by atoms with van der Waals surface area (Å²) in [4.78, 5) is 11.8. The quantitative estimate of drug-likeness (QED) is 0.818. The van der Waals surface area contributed by atoms with Gasteiger partial charge in [0.05, 0.1) is 7.11 Å². The number of hydrogen-bond acceptors (Lipinski definition) is 4. The van der Waals surface area contributed by atoms with Crippen LogP contribution in [-0.2, 0) is 6.42 Å². The molecule has 0 saturated carbocycles. The number of hydrogen-bond donors (Lipinski definition) is 0. The van der Waals surface area contributed by atoms with Crippen LogP contribution in [0.25, 0.3) is 0 Å². The van der Waals surface area contributed by atoms with E-state index in [9.17, 15) is 0 Å². The molecule has 16 heavy (non-hydrogen) atoms. The van der Waals surface area contributed by atoms with Gasteiger partial charge >= 0.3 is 0 Å². The van der Waals surface area contributed by atoms with Gasteiger partial charge in [0.1, 0.15) is 17.9 Å². The number of aromatic nitrogens is 3. The van der Waals surface area contributed by atoms with Crippen LogP contribution >= 0.6 is 11.6 Å². The van der Waals surface area contributed by atoms with Crippen LogP contribution in [0.2, 0.25) is 5.28 Å². The summed E-state index contributed by atoms with van der Waals surface area (Å²) in [5.41, 5.74) is 1.10. The highest BCUT2D eigenvalue weighted by Crippen LogP contribution is 2.13. The third kappa shape index (κ3) is 2.67. The first-order valence-corrected chi connectivity index (χ1v) is 5.12. The van der Waals surface area contributed by atoms with Gasteiger partial charge in [0.2, 0.25) is 5.28 Å². The van der Waals surface area contributed by atoms with E-state index in [0.29, 0.717) is 12.2 Å². The van der Waals surface area contributed by atoms with Crippen LogP contribution < -0.4 is 4.74 Å². The summed E-state index contributed by atoms with van der Waals surface area (Å²) in [5.74, 6) is 1.49. The van der Waals surface area contributed by atoms with Crippen LogP contribution in [0.4, 0.5) is 0 Å². The molecule has 0 amide bonds. The first kappa shape index (κ1) is 10.8. The van der Waals surface area contributed by atoms with E-state index in [0.717, 1.165) is 11.3 Å². The molecular formula is C11H10ClN3O. The van der Waals surface area contributed by atoms with Crippen molar-refractivity contribution in [1.82, 2.24) is 15.0 Å². The Morgan fingerprint density at radius 2 is 1.94 bits per heavy atom. The largest absolute Gasteiger partial charge is 0.497 e. The molecule has 0 unspecified atom stereocenters. The van der Waals surface area contributed by atoms with Gasteiger partial charge in [-0.1, -0.05) is 12.1 Å². The second-order valence-corrected chi connectivity index (χ2v) is 3.53. The van der Waals surface area contributed by atoms with Crippen molar-refractivity contribution in [2.75, 3.05) is 7.11 Å². The lowest BCUT2D eigenvalue weighted by molar-refractivity contribution is 0.414. The van der Waals surface area contributed by atoms with Crippen molar-refractivity contribution in [1.29, 1.82) is 0 Å². The van der Waals surface area contributed by atoms with Crippen molar-refractivity contribution >= 4 is 11.6 Å². The summed E-state index contributed by atoms with van der Waals surface area (Å²) in [5, 5.41) is 0.221. The van der Waals surface area contributed by atoms with Gasteiger partial charge in [0.25, 0.3) is 0 Å². The lowest BCUT2D eigenvalue weighted by Crippen LogP contribution is -1.97. The van der Waals surface area contributed by atoms with Crippen molar-refractivity contribution in [3.63, 3.8) is 0 Å². The van der Waals surface area contributed by atoms with Crippen LogP contribution in [-0.4, -0.2) is 22.1 Å². The predicted octanol–water partition coefficient (Wildman–Crippen LogP) is 2.12. The van der Waals surface area contributed by atoms with E-state index in [1.54, 1.807) is 7.11 Å². The Morgan fingerprint density at radius 3 is 2.56 bits per heavy atom. The van der Waals surface area contributed by atoms with Crippen molar-refractivity contribution in [2.45, 2.75) is 6.42 Å². The van der Waals surface area contributed by atoms with Gasteiger partial charge in [-0.25, -0.2) is 15.0 Å². The van der Waals surface area contributed by atoms with Gasteiger partial charge in [-0.3, -0.25) is 0 Å². The molecule has 1 aromatic carbocycles. The van der Waals surface area contributed by atoms with E-state index >= 15 is 0 Å². The van der Waals surface area contributed by atoms with E-state index < -0.39 is 0 Å². The maximum absolute atomic E-state index is 5.68. The van der Waals surface area contributed by atoms with Crippen molar-refractivity contribution < 1.29 is 4.74 Å². The summed E-state index contributed by atoms with van der Waals surface area (Å²) in [6.07, 6.45) is 2.04. The number of nitrogens with zero attached hydrogens (tertiary/aromatic N) is 3. The molecule has 5 heteroatoms. The van der Waals surface area contributed by atoms with Crippen molar-refractivity contribution in [3.05, 3.63) is 47.3 Å². The summed E-state index contributed by atoms with van der Waals surface area (Å²) in [6.45, 7) is 0. The summed E-state index contributed by atoms with van der Waals surface area (Å²) in [7, 11) is 1.64. The molecule has 2 rings (SSSR count). The minimum absolute atomic E-state index is 0.221. The molecule has 0 saturated heterocycles. The Kier molecular flexibility index (Phi) is 3.31. The van der Waals surface area contributed by atoms with Crippen LogP contribution in [0.5, 0.6) is 5.75 Å². The topological polar surface area (TPSA) is 47.9 Å². The highest BCUT2D eigenvalue weighted by Gasteiger charge is 2.01. The molecule has 0 radical (unpaired) electrons. The van der Waals surface area contributed by atoms with Gasteiger partial charge in [0, 0.05) is 6.42 Å². The Labute approximate surface area is 98.3 Å². The molecule has 0 N–H and O–H groups in total. The zero-order valence-electron chi connectivity index (χ0n) is 8.72. The molecule has 0 spiro atoms. The highest BCUT2D eigenvalue weighted by atomic mass is 35.5. The molecule has 0 aliphatic heterocycles. The Hall–Kier alpha value is -1.68. The molecule has 0 fully saturated rings. The van der Waals surface area contributed by atoms with Crippen LogP contribution in [0.3, 0.4) is 0 Å². The van der Waals surface area contributed by atoms with Gasteiger partial charge in [-0.2, -0.15) is 0 Å². The minimum atomic E-state index is 0.221. The third-order valence-electron chi connectivity index (χ3n) is 2.11. The third-order valence-corrected chi connectivity index (χ3v) is 2.30. The van der Waals surface area contributed by atoms with E-state index in [1.807, 2.05) is 24.3 Å². The fourth-order valence-corrected chi connectivity index (χ4v) is 1.46. The van der Waals surface area contributed by atoms with Crippen molar-refractivity contribution in [2.24, 2.45) is 0 Å². The number of benzene rings is 1. The fourth-order valence-electron chi connectivity index (χ4n) is 1.32. The lowest BCUT2D eigenvalue weighted by atomic mass is 10.1. The molecule has 1 heterocycles. The molecule has 0 aliphatic rings. The first-order valence-electron chi connectivity index (χ1n) is 4.74. The summed E-state index contributed by atoms with van der Waals surface area (Å²) >= 11 is 5.68. The minimum Gasteiger partial charge on any atom is -0.497 e. The van der Waals surface area contributed by atoms with Crippen LogP contribution in [0.15, 0.2) is 30.6 Å². The van der Waals surface area contributed by atoms with E-state index in [2.05, 4.69) is 15.0 Å². The average molecular weight is 236 g/mol. The van der Waals surface area contributed by atoms with E-state index in [4.69, 9.17) is 16.3 Å². The van der Waals surface area contributed by atoms with Gasteiger partial charge in [-0.05, 0) is 29.3 Å². The predicted molar refractivity (Wildman–Crippen MR) is 60.6 cm³/mol. The SMILES string of the molecule is COc1ccc(Cc2ncnc(Cl)n2)cc1. The maximum Gasteiger partial charge on any atom is 0.225 e. The number of ether oxygens (including phenoxy) is 1. The Morgan fingerprint density at radius 1 is 1.19 bits per heavy atom. The maximum atomic E-state index is 5.68. The molecule has 0 aliphatic carbocycles. The van der Waals surface area contributed by atoms with E-state index in [-0.39, 0.29) is 5.28 Å². The zero-order chi connectivity index (χ0) is 11.4. The monoisotopic (exact) mass is 235 g/mol. The lowest BCUT2D eigenvalue weighted by Gasteiger charge is -2.02. The average Bonchev–Trinajstić information content (AvgIpc) is 2.30. The highest BCUT2D eigenvalue weighted by molar-refractivity contribution is 6.28. The van der Waals surface area contributed by atoms with Crippen LogP contribution in [0.1, 0.15) is 11.4 Å². The normalized spacial score (nSPS) is 10.1. The summed E-state index contributed by atoms with van der Waals surface area (Å²) < 4.78 is 5.08. The smallest absolute Gasteiger partial charge is 0.225 e. The summed E-state index contributed by atoms with van der Waals surface area (Å²) in [6, 6.07) is 7.74. The molecule has 1 aromatic heterocycles. The first-order chi connectivity index (χ1) is 7.78. The fraction of sp³-hybridized carbons (Fsp3) is 0.182. The molecule has 4 nitrogen and oxygen atoms in total. The standard InChI is InChI=1S/C11H10ClN3O/c1-16-9-4-2-8(3-5-9)6-10-13-7-14-11(12)15-10/h2-5,7H,6H2,1H3. The second kappa shape index (κ2) is 4.90. The number of halogens is 1. The molecule has 82 valence electrons. The Bertz CT molecular complexity index is 473. The molecule has 2 aromatic rings. The Balaban J connectivity index is 2.14. The number of rotatable bonds is 3. The van der Waals surface area contributed by atoms with Gasteiger partial charge < -0.3 is 4.74 Å². The van der Waals surface area contributed by atoms with Gasteiger partial charge in [0.15, 0.2) is 0 Å². The zero-order valence-corrected chi connectivity index (χ0v) is 9.48. The van der Waals surface area contributed by atoms with Crippen molar-refractivity contribution in [3.8, 4) is 5.75 Å². The van der Waals surface area contributed by atoms with Crippen LogP contribution in [0, 0.1) is 0 Å². The molecule has 0 bridgehead atoms. The molecule has 0 atom stereocenters. The van der Waals surface area contributed by atoms with E-state index in [1.165, 1.54) is 6.33 Å². The second-order valence-electron chi connectivity index (χ2n) is 3.20. The molecular weight excluding hydrogens is 226 g/mol. The number of methoxy groups -OCH3 is 1. The van der Waals surface area contributed by atoms with Gasteiger partial charge in [-0.15, -0.1) is 0 Å².